The molecule has 0 saturated carbocycles. The Balaban J connectivity index is 0.00000220. The molecule has 0 amide bonds. The minimum atomic E-state index is 0. The summed E-state index contributed by atoms with van der Waals surface area (Å²) < 4.78 is 2.56. The molecule has 2 aromatic rings. The van der Waals surface area contributed by atoms with Crippen molar-refractivity contribution in [3.63, 3.8) is 0 Å². The first-order valence-electron chi connectivity index (χ1n) is 8.05. The van der Waals surface area contributed by atoms with Crippen molar-refractivity contribution >= 4 is 28.3 Å². The molecule has 2 rings (SSSR count). The van der Waals surface area contributed by atoms with E-state index in [0.717, 1.165) is 11.8 Å². The lowest BCUT2D eigenvalue weighted by atomic mass is 9.79. The summed E-state index contributed by atoms with van der Waals surface area (Å²) >= 11 is 0. The second-order valence-corrected chi connectivity index (χ2v) is 7.02. The molecule has 0 saturated heterocycles. The maximum Gasteiger partial charge on any atom is 0.0485 e. The minimum Gasteiger partial charge on any atom is -0.341 e. The number of para-hydroxylation sites is 1. The number of benzene rings is 1. The summed E-state index contributed by atoms with van der Waals surface area (Å²) in [5.41, 5.74) is 1.64. The van der Waals surface area contributed by atoms with Crippen LogP contribution in [0, 0.1) is 11.8 Å². The first kappa shape index (κ1) is 18.3. The quantitative estimate of drug-likeness (QED) is 0.624. The van der Waals surface area contributed by atoms with Crippen molar-refractivity contribution < 1.29 is 0 Å². The summed E-state index contributed by atoms with van der Waals surface area (Å²) in [5.74, 6) is 1.43. The summed E-state index contributed by atoms with van der Waals surface area (Å²) in [6.07, 6.45) is 6.00. The smallest absolute Gasteiger partial charge is 0.0485 e. The van der Waals surface area contributed by atoms with E-state index in [1.807, 2.05) is 0 Å². The van der Waals surface area contributed by atoms with Gasteiger partial charge in [-0.2, -0.15) is 0 Å². The zero-order valence-electron chi connectivity index (χ0n) is 14.3. The van der Waals surface area contributed by atoms with E-state index in [4.69, 9.17) is 0 Å². The third kappa shape index (κ3) is 3.93. The van der Waals surface area contributed by atoms with Gasteiger partial charge in [-0.15, -0.1) is 0 Å². The zero-order valence-corrected chi connectivity index (χ0v) is 15.4. The average molecular weight is 298 g/mol. The van der Waals surface area contributed by atoms with E-state index in [-0.39, 0.29) is 22.9 Å². The van der Waals surface area contributed by atoms with E-state index in [1.165, 1.54) is 30.2 Å². The van der Waals surface area contributed by atoms with Gasteiger partial charge in [-0.1, -0.05) is 52.8 Å². The largest absolute Gasteiger partial charge is 0.341 e. The lowest BCUT2D eigenvalue weighted by molar-refractivity contribution is 0.183. The van der Waals surface area contributed by atoms with Crippen LogP contribution in [0.25, 0.3) is 10.9 Å². The van der Waals surface area contributed by atoms with Gasteiger partial charge in [-0.25, -0.2) is 0 Å². The van der Waals surface area contributed by atoms with Gasteiger partial charge in [0.05, 0.1) is 0 Å². The highest BCUT2D eigenvalue weighted by Crippen LogP contribution is 2.38. The van der Waals surface area contributed by atoms with Crippen molar-refractivity contribution in [3.05, 3.63) is 36.5 Å². The molecule has 1 heterocycles. The standard InChI is InChI=1S/C19H29N.Al/c1-6-19(13-15(2)3,14-16(4)5)20-12-11-17-9-7-8-10-18(17)20;/h7-12,15-16H,6,13-14H2,1-5H3;. The van der Waals surface area contributed by atoms with Gasteiger partial charge in [-0.05, 0) is 48.6 Å². The molecule has 0 fully saturated rings. The molecule has 0 N–H and O–H groups in total. The van der Waals surface area contributed by atoms with Crippen LogP contribution < -0.4 is 0 Å². The van der Waals surface area contributed by atoms with Crippen molar-refractivity contribution in [1.82, 2.24) is 4.57 Å². The second-order valence-electron chi connectivity index (χ2n) is 7.02. The number of fused-ring (bicyclic) bond motifs is 1. The van der Waals surface area contributed by atoms with Gasteiger partial charge in [0, 0.05) is 34.6 Å². The van der Waals surface area contributed by atoms with Crippen LogP contribution in [-0.2, 0) is 5.54 Å². The molecule has 1 nitrogen and oxygen atoms in total. The number of nitrogens with zero attached hydrogens (tertiary/aromatic N) is 1. The summed E-state index contributed by atoms with van der Waals surface area (Å²) in [6, 6.07) is 11.0. The normalized spacial score (nSPS) is 12.1. The molecule has 113 valence electrons. The molecule has 0 spiro atoms. The van der Waals surface area contributed by atoms with Crippen LogP contribution in [0.15, 0.2) is 36.5 Å². The number of hydrogen-bond acceptors (Lipinski definition) is 0. The third-order valence-corrected chi connectivity index (χ3v) is 4.35. The Bertz CT molecular complexity index is 543. The monoisotopic (exact) mass is 298 g/mol. The van der Waals surface area contributed by atoms with E-state index in [9.17, 15) is 0 Å². The first-order chi connectivity index (χ1) is 9.48. The molecular weight excluding hydrogens is 269 g/mol. The van der Waals surface area contributed by atoms with Gasteiger partial charge < -0.3 is 4.57 Å². The van der Waals surface area contributed by atoms with Gasteiger partial charge in [0.15, 0.2) is 0 Å². The molecule has 0 aliphatic carbocycles. The van der Waals surface area contributed by atoms with Gasteiger partial charge in [0.1, 0.15) is 0 Å². The first-order valence-corrected chi connectivity index (χ1v) is 8.05. The van der Waals surface area contributed by atoms with Crippen LogP contribution >= 0.6 is 0 Å². The Morgan fingerprint density at radius 3 is 2.05 bits per heavy atom. The zero-order chi connectivity index (χ0) is 14.8. The summed E-state index contributed by atoms with van der Waals surface area (Å²) in [6.45, 7) is 11.7. The molecule has 0 atom stereocenters. The lowest BCUT2D eigenvalue weighted by Gasteiger charge is -2.39. The van der Waals surface area contributed by atoms with E-state index < -0.39 is 0 Å². The summed E-state index contributed by atoms with van der Waals surface area (Å²) in [7, 11) is 0. The molecule has 0 bridgehead atoms. The minimum absolute atomic E-state index is 0. The van der Waals surface area contributed by atoms with Crippen LogP contribution in [0.5, 0.6) is 0 Å². The fourth-order valence-electron chi connectivity index (χ4n) is 3.76. The van der Waals surface area contributed by atoms with Gasteiger partial charge in [0.25, 0.3) is 0 Å². The Labute approximate surface area is 140 Å². The van der Waals surface area contributed by atoms with Crippen molar-refractivity contribution in [2.24, 2.45) is 11.8 Å². The number of rotatable bonds is 6. The lowest BCUT2D eigenvalue weighted by Crippen LogP contribution is -2.35. The predicted octanol–water partition coefficient (Wildman–Crippen LogP) is 5.46. The number of hydrogen-bond donors (Lipinski definition) is 0. The van der Waals surface area contributed by atoms with E-state index in [1.54, 1.807) is 0 Å². The van der Waals surface area contributed by atoms with Crippen LogP contribution in [0.4, 0.5) is 0 Å². The van der Waals surface area contributed by atoms with Crippen LogP contribution in [0.3, 0.4) is 0 Å². The van der Waals surface area contributed by atoms with E-state index in [2.05, 4.69) is 75.7 Å². The van der Waals surface area contributed by atoms with E-state index >= 15 is 0 Å². The Kier molecular flexibility index (Phi) is 6.57. The SMILES string of the molecule is CCC(CC(C)C)(CC(C)C)n1ccc2ccccc21.[Al]. The third-order valence-electron chi connectivity index (χ3n) is 4.35. The van der Waals surface area contributed by atoms with Crippen LogP contribution in [0.2, 0.25) is 0 Å². The average Bonchev–Trinajstić information content (AvgIpc) is 2.81. The van der Waals surface area contributed by atoms with Crippen molar-refractivity contribution in [3.8, 4) is 0 Å². The predicted molar refractivity (Wildman–Crippen MR) is 94.9 cm³/mol. The maximum absolute atomic E-state index is 2.56. The Hall–Kier alpha value is -0.708. The highest BCUT2D eigenvalue weighted by molar-refractivity contribution is 5.80. The van der Waals surface area contributed by atoms with Gasteiger partial charge in [-0.3, -0.25) is 0 Å². The summed E-state index contributed by atoms with van der Waals surface area (Å²) in [5, 5.41) is 1.36. The highest BCUT2D eigenvalue weighted by Gasteiger charge is 2.32. The van der Waals surface area contributed by atoms with Gasteiger partial charge in [0.2, 0.25) is 0 Å². The molecule has 0 unspecified atom stereocenters. The molecule has 1 aromatic carbocycles. The van der Waals surface area contributed by atoms with Crippen molar-refractivity contribution in [2.45, 2.75) is 59.4 Å². The van der Waals surface area contributed by atoms with Crippen LogP contribution in [0.1, 0.15) is 53.9 Å². The molecule has 3 radical (unpaired) electrons. The topological polar surface area (TPSA) is 4.93 Å². The molecule has 0 aliphatic heterocycles. The second kappa shape index (κ2) is 7.52. The number of aromatic nitrogens is 1. The fourth-order valence-corrected chi connectivity index (χ4v) is 3.76. The summed E-state index contributed by atoms with van der Waals surface area (Å²) in [4.78, 5) is 0. The van der Waals surface area contributed by atoms with Crippen molar-refractivity contribution in [2.75, 3.05) is 0 Å². The van der Waals surface area contributed by atoms with Crippen molar-refractivity contribution in [1.29, 1.82) is 0 Å². The molecular formula is C19H29AlN. The molecule has 21 heavy (non-hydrogen) atoms. The maximum atomic E-state index is 2.56. The molecule has 0 aliphatic rings. The Morgan fingerprint density at radius 1 is 0.952 bits per heavy atom. The molecule has 2 heteroatoms. The van der Waals surface area contributed by atoms with Crippen LogP contribution in [-0.4, -0.2) is 21.9 Å². The fraction of sp³-hybridized carbons (Fsp3) is 0.579. The van der Waals surface area contributed by atoms with E-state index in [0.29, 0.717) is 0 Å². The highest BCUT2D eigenvalue weighted by atomic mass is 27.0. The molecule has 1 aromatic heterocycles. The van der Waals surface area contributed by atoms with Gasteiger partial charge >= 0.3 is 0 Å². The Morgan fingerprint density at radius 2 is 1.52 bits per heavy atom.